The number of nitrogens with one attached hydrogen (secondary N) is 2. The average molecular weight is 497 g/mol. The van der Waals surface area contributed by atoms with Gasteiger partial charge in [0.1, 0.15) is 5.69 Å². The van der Waals surface area contributed by atoms with Crippen molar-refractivity contribution in [2.45, 2.75) is 25.3 Å². The van der Waals surface area contributed by atoms with Gasteiger partial charge in [-0.25, -0.2) is 0 Å². The first-order valence-electron chi connectivity index (χ1n) is 10.3. The zero-order chi connectivity index (χ0) is 26.1. The lowest BCUT2D eigenvalue weighted by Crippen LogP contribution is -2.38. The standard InChI is InChI=1S/C24H21F6N3O2/c1-4-8-31-21(34)17-11-15-12-19(33(3)18(15)9-13(17)2)22(35)32-20(24(28,29)30)14-6-5-7-16(10-14)23(25,26)27/h4-7,9-12,20H,1,8H2,2-3H3,(H,31,34)(H,32,35). The molecule has 35 heavy (non-hydrogen) atoms. The molecule has 5 nitrogen and oxygen atoms in total. The molecule has 11 heteroatoms. The number of aromatic nitrogens is 1. The van der Waals surface area contributed by atoms with Crippen LogP contribution in [0.4, 0.5) is 26.3 Å². The highest BCUT2D eigenvalue weighted by Gasteiger charge is 2.43. The molecule has 2 N–H and O–H groups in total. The van der Waals surface area contributed by atoms with Crippen molar-refractivity contribution in [1.29, 1.82) is 0 Å². The summed E-state index contributed by atoms with van der Waals surface area (Å²) in [4.78, 5) is 25.2. The summed E-state index contributed by atoms with van der Waals surface area (Å²) in [6.45, 7) is 5.41. The smallest absolute Gasteiger partial charge is 0.349 e. The van der Waals surface area contributed by atoms with E-state index in [0.717, 1.165) is 12.1 Å². The second kappa shape index (κ2) is 9.47. The largest absolute Gasteiger partial charge is 0.416 e. The Morgan fingerprint density at radius 3 is 2.34 bits per heavy atom. The highest BCUT2D eigenvalue weighted by molar-refractivity contribution is 6.03. The third-order valence-corrected chi connectivity index (χ3v) is 5.42. The second-order valence-electron chi connectivity index (χ2n) is 7.88. The van der Waals surface area contributed by atoms with E-state index in [0.29, 0.717) is 34.2 Å². The monoisotopic (exact) mass is 497 g/mol. The molecule has 2 amide bonds. The van der Waals surface area contributed by atoms with Crippen LogP contribution < -0.4 is 10.6 Å². The van der Waals surface area contributed by atoms with Crippen LogP contribution in [0.1, 0.15) is 43.6 Å². The summed E-state index contributed by atoms with van der Waals surface area (Å²) < 4.78 is 81.7. The number of carbonyl (C=O) groups excluding carboxylic acids is 2. The fraction of sp³-hybridized carbons (Fsp3) is 0.250. The summed E-state index contributed by atoms with van der Waals surface area (Å²) in [6.07, 6.45) is -8.41. The van der Waals surface area contributed by atoms with Crippen LogP contribution in [0.25, 0.3) is 10.9 Å². The molecule has 0 aliphatic heterocycles. The first-order valence-corrected chi connectivity index (χ1v) is 10.3. The van der Waals surface area contributed by atoms with Crippen LogP contribution in [0.3, 0.4) is 0 Å². The van der Waals surface area contributed by atoms with Crippen LogP contribution in [0.5, 0.6) is 0 Å². The van der Waals surface area contributed by atoms with Crippen LogP contribution in [-0.2, 0) is 13.2 Å². The van der Waals surface area contributed by atoms with Crippen LogP contribution in [0.15, 0.2) is 55.1 Å². The lowest BCUT2D eigenvalue weighted by atomic mass is 10.0. The lowest BCUT2D eigenvalue weighted by Gasteiger charge is -2.23. The van der Waals surface area contributed by atoms with Crippen molar-refractivity contribution in [2.75, 3.05) is 6.54 Å². The van der Waals surface area contributed by atoms with Gasteiger partial charge in [-0.1, -0.05) is 18.2 Å². The van der Waals surface area contributed by atoms with Gasteiger partial charge >= 0.3 is 12.4 Å². The van der Waals surface area contributed by atoms with Crippen LogP contribution in [-0.4, -0.2) is 29.1 Å². The molecule has 0 saturated carbocycles. The number of nitrogens with zero attached hydrogens (tertiary/aromatic N) is 1. The van der Waals surface area contributed by atoms with E-state index in [4.69, 9.17) is 0 Å². The van der Waals surface area contributed by atoms with E-state index >= 15 is 0 Å². The zero-order valence-corrected chi connectivity index (χ0v) is 18.6. The van der Waals surface area contributed by atoms with Gasteiger partial charge in [0.05, 0.1) is 5.56 Å². The van der Waals surface area contributed by atoms with Crippen LogP contribution in [0, 0.1) is 6.92 Å². The highest BCUT2D eigenvalue weighted by Crippen LogP contribution is 2.36. The van der Waals surface area contributed by atoms with Gasteiger partial charge in [0.25, 0.3) is 11.8 Å². The number of hydrogen-bond acceptors (Lipinski definition) is 2. The van der Waals surface area contributed by atoms with E-state index in [1.54, 1.807) is 13.0 Å². The Morgan fingerprint density at radius 1 is 1.06 bits per heavy atom. The molecule has 0 saturated heterocycles. The van der Waals surface area contributed by atoms with E-state index in [2.05, 4.69) is 11.9 Å². The molecule has 0 aliphatic carbocycles. The van der Waals surface area contributed by atoms with E-state index in [1.165, 1.54) is 29.8 Å². The molecule has 2 aromatic carbocycles. The van der Waals surface area contributed by atoms with Crippen LogP contribution >= 0.6 is 0 Å². The maximum absolute atomic E-state index is 13.8. The minimum atomic E-state index is -5.06. The number of hydrogen-bond donors (Lipinski definition) is 2. The molecule has 0 fully saturated rings. The van der Waals surface area contributed by atoms with Gasteiger partial charge in [-0.2, -0.15) is 26.3 Å². The van der Waals surface area contributed by atoms with E-state index in [1.807, 2.05) is 5.32 Å². The third kappa shape index (κ3) is 5.50. The molecule has 0 radical (unpaired) electrons. The molecule has 0 bridgehead atoms. The van der Waals surface area contributed by atoms with Gasteiger partial charge in [0.2, 0.25) is 0 Å². The van der Waals surface area contributed by atoms with Gasteiger partial charge in [0, 0.05) is 30.1 Å². The molecule has 1 atom stereocenters. The molecule has 1 unspecified atom stereocenters. The Morgan fingerprint density at radius 2 is 1.74 bits per heavy atom. The molecule has 186 valence electrons. The quantitative estimate of drug-likeness (QED) is 0.351. The molecule has 0 spiro atoms. The third-order valence-electron chi connectivity index (χ3n) is 5.42. The number of benzene rings is 2. The summed E-state index contributed by atoms with van der Waals surface area (Å²) in [5.41, 5.74) is -0.810. The Kier molecular flexibility index (Phi) is 7.00. The molecule has 1 heterocycles. The van der Waals surface area contributed by atoms with Gasteiger partial charge in [0.15, 0.2) is 6.04 Å². The Bertz CT molecular complexity index is 1290. The fourth-order valence-corrected chi connectivity index (χ4v) is 3.67. The first kappa shape index (κ1) is 25.9. The number of alkyl halides is 6. The summed E-state index contributed by atoms with van der Waals surface area (Å²) in [7, 11) is 1.46. The Hall–Kier alpha value is -3.76. The molecular weight excluding hydrogens is 476 g/mol. The van der Waals surface area contributed by atoms with E-state index < -0.39 is 35.4 Å². The number of rotatable bonds is 6. The van der Waals surface area contributed by atoms with Gasteiger partial charge < -0.3 is 15.2 Å². The molecular formula is C24H21F6N3O2. The predicted molar refractivity (Wildman–Crippen MR) is 118 cm³/mol. The van der Waals surface area contributed by atoms with Crippen molar-refractivity contribution in [3.05, 3.63) is 83.1 Å². The highest BCUT2D eigenvalue weighted by atomic mass is 19.4. The first-order chi connectivity index (χ1) is 16.2. The van der Waals surface area contributed by atoms with Crippen molar-refractivity contribution in [3.8, 4) is 0 Å². The average Bonchev–Trinajstić information content (AvgIpc) is 3.09. The van der Waals surface area contributed by atoms with Crippen molar-refractivity contribution >= 4 is 22.7 Å². The maximum Gasteiger partial charge on any atom is 0.416 e. The van der Waals surface area contributed by atoms with Crippen molar-refractivity contribution in [3.63, 3.8) is 0 Å². The number of halogens is 6. The van der Waals surface area contributed by atoms with Crippen molar-refractivity contribution in [1.82, 2.24) is 15.2 Å². The summed E-state index contributed by atoms with van der Waals surface area (Å²) in [6, 6.07) is 4.49. The van der Waals surface area contributed by atoms with Gasteiger partial charge in [-0.05, 0) is 48.4 Å². The maximum atomic E-state index is 13.8. The number of aryl methyl sites for hydroxylation is 2. The fourth-order valence-electron chi connectivity index (χ4n) is 3.67. The lowest BCUT2D eigenvalue weighted by molar-refractivity contribution is -0.156. The van der Waals surface area contributed by atoms with Crippen LogP contribution in [0.2, 0.25) is 0 Å². The van der Waals surface area contributed by atoms with Gasteiger partial charge in [-0.15, -0.1) is 6.58 Å². The second-order valence-corrected chi connectivity index (χ2v) is 7.88. The van der Waals surface area contributed by atoms with Crippen molar-refractivity contribution < 1.29 is 35.9 Å². The SMILES string of the molecule is C=CCNC(=O)c1cc2cc(C(=O)NC(c3cccc(C(F)(F)F)c3)C(F)(F)F)n(C)c2cc1C. The molecule has 0 aliphatic rings. The summed E-state index contributed by atoms with van der Waals surface area (Å²) in [5, 5.41) is 4.86. The summed E-state index contributed by atoms with van der Waals surface area (Å²) >= 11 is 0. The zero-order valence-electron chi connectivity index (χ0n) is 18.6. The Labute approximate surface area is 196 Å². The number of amides is 2. The molecule has 3 rings (SSSR count). The van der Waals surface area contributed by atoms with Gasteiger partial charge in [-0.3, -0.25) is 9.59 Å². The Balaban J connectivity index is 1.98. The van der Waals surface area contributed by atoms with Crippen molar-refractivity contribution in [2.24, 2.45) is 7.05 Å². The topological polar surface area (TPSA) is 63.1 Å². The predicted octanol–water partition coefficient (Wildman–Crippen LogP) is 5.45. The molecule has 3 aromatic rings. The molecule has 1 aromatic heterocycles. The minimum Gasteiger partial charge on any atom is -0.349 e. The summed E-state index contributed by atoms with van der Waals surface area (Å²) in [5.74, 6) is -1.53. The minimum absolute atomic E-state index is 0.163. The normalized spacial score (nSPS) is 12.9. The number of fused-ring (bicyclic) bond motifs is 1. The number of carbonyl (C=O) groups is 2. The van der Waals surface area contributed by atoms with E-state index in [-0.39, 0.29) is 18.1 Å². The van der Waals surface area contributed by atoms with E-state index in [9.17, 15) is 35.9 Å².